The minimum absolute atomic E-state index is 0.123. The van der Waals surface area contributed by atoms with Crippen molar-refractivity contribution in [3.8, 4) is 0 Å². The van der Waals surface area contributed by atoms with Gasteiger partial charge in [0.25, 0.3) is 0 Å². The van der Waals surface area contributed by atoms with Crippen LogP contribution in [-0.2, 0) is 9.53 Å². The molecule has 104 valence electrons. The molecule has 18 heavy (non-hydrogen) atoms. The van der Waals surface area contributed by atoms with E-state index in [9.17, 15) is 4.79 Å². The topological polar surface area (TPSA) is 53.9 Å². The Bertz CT molecular complexity index is 284. The molecule has 0 spiro atoms. The van der Waals surface area contributed by atoms with E-state index in [1.54, 1.807) is 11.8 Å². The smallest absolute Gasteiger partial charge is 0.305 e. The summed E-state index contributed by atoms with van der Waals surface area (Å²) in [6, 6.07) is 0. The van der Waals surface area contributed by atoms with Crippen LogP contribution >= 0.6 is 11.8 Å². The second-order valence-corrected chi connectivity index (χ2v) is 5.30. The Kier molecular flexibility index (Phi) is 7.84. The van der Waals surface area contributed by atoms with Crippen molar-refractivity contribution in [2.75, 3.05) is 26.1 Å². The summed E-state index contributed by atoms with van der Waals surface area (Å²) in [5, 5.41) is 3.14. The Labute approximate surface area is 113 Å². The van der Waals surface area contributed by atoms with Crippen molar-refractivity contribution in [3.63, 3.8) is 0 Å². The van der Waals surface area contributed by atoms with E-state index in [-0.39, 0.29) is 5.97 Å². The molecule has 0 fully saturated rings. The third kappa shape index (κ3) is 6.26. The number of esters is 1. The highest BCUT2D eigenvalue weighted by atomic mass is 32.2. The molecule has 0 saturated carbocycles. The maximum absolute atomic E-state index is 10.9. The molecule has 6 heteroatoms. The second kappa shape index (κ2) is 9.22. The molecule has 0 unspecified atom stereocenters. The largest absolute Gasteiger partial charge is 0.469 e. The van der Waals surface area contributed by atoms with Crippen LogP contribution in [0.4, 0.5) is 0 Å². The number of rotatable bonds is 8. The molecule has 5 nitrogen and oxygen atoms in total. The van der Waals surface area contributed by atoms with Crippen LogP contribution in [-0.4, -0.2) is 42.2 Å². The summed E-state index contributed by atoms with van der Waals surface area (Å²) in [5.41, 5.74) is 3.29. The molecule has 0 bridgehead atoms. The first-order valence-corrected chi connectivity index (χ1v) is 7.50. The molecule has 0 aromatic carbocycles. The fourth-order valence-electron chi connectivity index (χ4n) is 1.55. The predicted molar refractivity (Wildman–Crippen MR) is 75.4 cm³/mol. The van der Waals surface area contributed by atoms with Gasteiger partial charge in [0.05, 0.1) is 7.11 Å². The number of hydrogen-bond acceptors (Lipinski definition) is 6. The fraction of sp³-hybridized carbons (Fsp3) is 0.833. The van der Waals surface area contributed by atoms with Crippen LogP contribution < -0.4 is 5.43 Å². The molecular formula is C12H23N3O2S. The second-order valence-electron chi connectivity index (χ2n) is 4.22. The van der Waals surface area contributed by atoms with Gasteiger partial charge < -0.3 is 4.74 Å². The summed E-state index contributed by atoms with van der Waals surface area (Å²) in [4.78, 5) is 15.3. The van der Waals surface area contributed by atoms with Crippen LogP contribution in [0.15, 0.2) is 4.99 Å². The lowest BCUT2D eigenvalue weighted by atomic mass is 10.2. The average Bonchev–Trinajstić information content (AvgIpc) is 2.83. The lowest BCUT2D eigenvalue weighted by Crippen LogP contribution is -2.35. The van der Waals surface area contributed by atoms with Gasteiger partial charge >= 0.3 is 5.97 Å². The van der Waals surface area contributed by atoms with Crippen LogP contribution in [0.2, 0.25) is 0 Å². The number of thioether (sulfide) groups is 1. The van der Waals surface area contributed by atoms with Crippen molar-refractivity contribution in [2.24, 2.45) is 4.99 Å². The van der Waals surface area contributed by atoms with Crippen LogP contribution in [0.1, 0.15) is 39.0 Å². The van der Waals surface area contributed by atoms with Crippen molar-refractivity contribution < 1.29 is 9.53 Å². The van der Waals surface area contributed by atoms with E-state index in [0.29, 0.717) is 6.42 Å². The average molecular weight is 273 g/mol. The van der Waals surface area contributed by atoms with Gasteiger partial charge in [0, 0.05) is 18.7 Å². The number of nitrogens with one attached hydrogen (secondary N) is 1. The summed E-state index contributed by atoms with van der Waals surface area (Å²) in [7, 11) is 1.43. The number of aliphatic imine (C=N–C) groups is 1. The highest BCUT2D eigenvalue weighted by Gasteiger charge is 2.13. The molecule has 0 aromatic heterocycles. The van der Waals surface area contributed by atoms with Gasteiger partial charge in [-0.1, -0.05) is 25.1 Å². The molecule has 0 aromatic rings. The molecule has 1 aliphatic rings. The first-order chi connectivity index (χ1) is 8.76. The van der Waals surface area contributed by atoms with Gasteiger partial charge in [-0.2, -0.15) is 0 Å². The van der Waals surface area contributed by atoms with Crippen LogP contribution in [0.3, 0.4) is 0 Å². The van der Waals surface area contributed by atoms with E-state index in [1.807, 2.05) is 0 Å². The van der Waals surface area contributed by atoms with Gasteiger partial charge in [-0.3, -0.25) is 10.2 Å². The van der Waals surface area contributed by atoms with Gasteiger partial charge in [-0.05, 0) is 19.3 Å². The predicted octanol–water partition coefficient (Wildman–Crippen LogP) is 2.00. The lowest BCUT2D eigenvalue weighted by Gasteiger charge is -2.14. The van der Waals surface area contributed by atoms with Gasteiger partial charge in [0.2, 0.25) is 0 Å². The fourth-order valence-corrected chi connectivity index (χ4v) is 2.44. The zero-order valence-corrected chi connectivity index (χ0v) is 12.1. The molecule has 0 aliphatic carbocycles. The maximum atomic E-state index is 10.9. The van der Waals surface area contributed by atoms with Crippen molar-refractivity contribution >= 4 is 22.9 Å². The number of hydrogen-bond donors (Lipinski definition) is 1. The molecule has 1 aliphatic heterocycles. The standard InChI is InChI=1S/C12H23N3O2S/c1-3-4-8-15-10-13-12(14-15)18-9-6-5-7-11(16)17-2/h3-10H2,1-2H3,(H,13,14). The van der Waals surface area contributed by atoms with E-state index < -0.39 is 0 Å². The van der Waals surface area contributed by atoms with Crippen LogP contribution in [0.25, 0.3) is 0 Å². The number of nitrogens with zero attached hydrogens (tertiary/aromatic N) is 2. The highest BCUT2D eigenvalue weighted by Crippen LogP contribution is 2.11. The number of carbonyl (C=O) groups is 1. The monoisotopic (exact) mass is 273 g/mol. The zero-order chi connectivity index (χ0) is 13.2. The third-order valence-corrected chi connectivity index (χ3v) is 3.65. The van der Waals surface area contributed by atoms with Crippen molar-refractivity contribution in [1.29, 1.82) is 0 Å². The van der Waals surface area contributed by atoms with Crippen LogP contribution in [0.5, 0.6) is 0 Å². The van der Waals surface area contributed by atoms with E-state index in [2.05, 4.69) is 27.1 Å². The SMILES string of the molecule is CCCCN1CN=C(SCCCCC(=O)OC)N1. The number of unbranched alkanes of at least 4 members (excludes halogenated alkanes) is 2. The minimum atomic E-state index is -0.123. The van der Waals surface area contributed by atoms with E-state index in [0.717, 1.165) is 37.0 Å². The summed E-state index contributed by atoms with van der Waals surface area (Å²) < 4.78 is 4.59. The Morgan fingerprint density at radius 1 is 1.50 bits per heavy atom. The minimum Gasteiger partial charge on any atom is -0.469 e. The molecule has 1 N–H and O–H groups in total. The quantitative estimate of drug-likeness (QED) is 0.541. The van der Waals surface area contributed by atoms with Gasteiger partial charge in [0.15, 0.2) is 5.17 Å². The zero-order valence-electron chi connectivity index (χ0n) is 11.3. The molecule has 1 rings (SSSR count). The Balaban J connectivity index is 1.99. The molecule has 0 radical (unpaired) electrons. The highest BCUT2D eigenvalue weighted by molar-refractivity contribution is 8.13. The summed E-state index contributed by atoms with van der Waals surface area (Å²) in [6.07, 6.45) is 4.80. The summed E-state index contributed by atoms with van der Waals surface area (Å²) >= 11 is 1.73. The molecule has 0 amide bonds. The molecular weight excluding hydrogens is 250 g/mol. The summed E-state index contributed by atoms with van der Waals surface area (Å²) in [5.74, 6) is 0.867. The van der Waals surface area contributed by atoms with Crippen molar-refractivity contribution in [1.82, 2.24) is 10.4 Å². The van der Waals surface area contributed by atoms with Crippen LogP contribution in [0, 0.1) is 0 Å². The number of amidine groups is 1. The van der Waals surface area contributed by atoms with E-state index >= 15 is 0 Å². The maximum Gasteiger partial charge on any atom is 0.305 e. The molecule has 0 atom stereocenters. The van der Waals surface area contributed by atoms with Gasteiger partial charge in [-0.15, -0.1) is 0 Å². The van der Waals surface area contributed by atoms with E-state index in [1.165, 1.54) is 20.0 Å². The number of methoxy groups -OCH3 is 1. The van der Waals surface area contributed by atoms with Gasteiger partial charge in [-0.25, -0.2) is 10.0 Å². The molecule has 0 saturated heterocycles. The normalized spacial score (nSPS) is 15.3. The Morgan fingerprint density at radius 3 is 3.06 bits per heavy atom. The Hall–Kier alpha value is -0.750. The van der Waals surface area contributed by atoms with E-state index in [4.69, 9.17) is 0 Å². The Morgan fingerprint density at radius 2 is 2.33 bits per heavy atom. The van der Waals surface area contributed by atoms with Crippen molar-refractivity contribution in [2.45, 2.75) is 39.0 Å². The first-order valence-electron chi connectivity index (χ1n) is 6.52. The molecule has 1 heterocycles. The number of ether oxygens (including phenoxy) is 1. The third-order valence-electron chi connectivity index (χ3n) is 2.66. The number of hydrazine groups is 1. The summed E-state index contributed by atoms with van der Waals surface area (Å²) in [6.45, 7) is 3.99. The first kappa shape index (κ1) is 15.3. The van der Waals surface area contributed by atoms with Crippen molar-refractivity contribution in [3.05, 3.63) is 0 Å². The van der Waals surface area contributed by atoms with Gasteiger partial charge in [0.1, 0.15) is 6.67 Å². The lowest BCUT2D eigenvalue weighted by molar-refractivity contribution is -0.140. The number of carbonyl (C=O) groups excluding carboxylic acids is 1.